The third-order valence-corrected chi connectivity index (χ3v) is 4.60. The molecule has 1 aliphatic heterocycles. The molecule has 0 spiro atoms. The molecule has 1 unspecified atom stereocenters. The summed E-state index contributed by atoms with van der Waals surface area (Å²) in [7, 11) is 0. The van der Waals surface area contributed by atoms with Gasteiger partial charge in [0.2, 0.25) is 0 Å². The molecule has 0 bridgehead atoms. The summed E-state index contributed by atoms with van der Waals surface area (Å²) in [6, 6.07) is 4.14. The summed E-state index contributed by atoms with van der Waals surface area (Å²) in [5, 5.41) is 9.19. The van der Waals surface area contributed by atoms with E-state index in [1.54, 1.807) is 0 Å². The van der Waals surface area contributed by atoms with Gasteiger partial charge in [-0.3, -0.25) is 4.79 Å². The monoisotopic (exact) mass is 338 g/mol. The first-order valence-electron chi connectivity index (χ1n) is 7.09. The van der Waals surface area contributed by atoms with Crippen LogP contribution in [0.1, 0.15) is 50.2 Å². The highest BCUT2D eigenvalue weighted by Gasteiger charge is 2.39. The number of hydrogen-bond donors (Lipinski definition) is 1. The van der Waals surface area contributed by atoms with Crippen molar-refractivity contribution in [2.24, 2.45) is 5.92 Å². The van der Waals surface area contributed by atoms with Crippen molar-refractivity contribution in [1.82, 2.24) is 0 Å². The van der Waals surface area contributed by atoms with Crippen molar-refractivity contribution in [3.05, 3.63) is 27.7 Å². The summed E-state index contributed by atoms with van der Waals surface area (Å²) < 4.78 is 7.12. The van der Waals surface area contributed by atoms with Gasteiger partial charge in [-0.05, 0) is 55.9 Å². The first kappa shape index (κ1) is 13.9. The number of halogens is 1. The fourth-order valence-corrected chi connectivity index (χ4v) is 3.72. The van der Waals surface area contributed by atoms with Gasteiger partial charge in [0.1, 0.15) is 11.4 Å². The molecule has 3 rings (SSSR count). The van der Waals surface area contributed by atoms with E-state index in [0.717, 1.165) is 35.0 Å². The van der Waals surface area contributed by atoms with E-state index >= 15 is 0 Å². The van der Waals surface area contributed by atoms with Crippen LogP contribution in [0.25, 0.3) is 0 Å². The van der Waals surface area contributed by atoms with Gasteiger partial charge < -0.3 is 9.84 Å². The zero-order chi connectivity index (χ0) is 14.5. The average molecular weight is 339 g/mol. The van der Waals surface area contributed by atoms with Crippen LogP contribution in [0.2, 0.25) is 0 Å². The Morgan fingerprint density at radius 3 is 2.80 bits per heavy atom. The van der Waals surface area contributed by atoms with Crippen molar-refractivity contribution in [3.63, 3.8) is 0 Å². The summed E-state index contributed by atoms with van der Waals surface area (Å²) in [6.07, 6.45) is 3.32. The van der Waals surface area contributed by atoms with Gasteiger partial charge in [0.15, 0.2) is 0 Å². The van der Waals surface area contributed by atoms with Crippen LogP contribution in [0, 0.1) is 5.92 Å². The van der Waals surface area contributed by atoms with E-state index < -0.39 is 5.97 Å². The van der Waals surface area contributed by atoms with Gasteiger partial charge >= 0.3 is 5.97 Å². The fraction of sp³-hybridized carbons (Fsp3) is 0.562. The number of hydrogen-bond acceptors (Lipinski definition) is 2. The molecule has 1 N–H and O–H groups in total. The van der Waals surface area contributed by atoms with E-state index in [9.17, 15) is 9.90 Å². The largest absolute Gasteiger partial charge is 0.487 e. The molecule has 4 heteroatoms. The highest BCUT2D eigenvalue weighted by molar-refractivity contribution is 9.10. The minimum absolute atomic E-state index is 0.0765. The molecule has 1 saturated carbocycles. The molecule has 1 aliphatic carbocycles. The van der Waals surface area contributed by atoms with E-state index in [-0.39, 0.29) is 17.9 Å². The number of carboxylic acid groups (broad SMARTS) is 1. The minimum Gasteiger partial charge on any atom is -0.487 e. The standard InChI is InChI=1S/C16H19BrO3/c1-16(2)8-10-5-11(17)6-13(15(10)20-16)12(7-14(18)19)9-3-4-9/h5-6,9,12H,3-4,7-8H2,1-2H3,(H,18,19). The molecule has 1 heterocycles. The van der Waals surface area contributed by atoms with Crippen molar-refractivity contribution in [1.29, 1.82) is 0 Å². The Kier molecular flexibility index (Phi) is 3.32. The quantitative estimate of drug-likeness (QED) is 0.897. The van der Waals surface area contributed by atoms with E-state index in [1.807, 2.05) is 6.07 Å². The topological polar surface area (TPSA) is 46.5 Å². The number of aliphatic carboxylic acids is 1. The van der Waals surface area contributed by atoms with E-state index in [0.29, 0.717) is 5.92 Å². The van der Waals surface area contributed by atoms with Crippen molar-refractivity contribution < 1.29 is 14.6 Å². The van der Waals surface area contributed by atoms with Crippen LogP contribution in [0.4, 0.5) is 0 Å². The SMILES string of the molecule is CC1(C)Cc2cc(Br)cc(C(CC(=O)O)C3CC3)c2O1. The van der Waals surface area contributed by atoms with E-state index in [1.165, 1.54) is 5.56 Å². The van der Waals surface area contributed by atoms with Gasteiger partial charge in [0.05, 0.1) is 6.42 Å². The van der Waals surface area contributed by atoms with Gasteiger partial charge in [-0.25, -0.2) is 0 Å². The van der Waals surface area contributed by atoms with Crippen molar-refractivity contribution in [2.75, 3.05) is 0 Å². The van der Waals surface area contributed by atoms with Crippen molar-refractivity contribution in [3.8, 4) is 5.75 Å². The third-order valence-electron chi connectivity index (χ3n) is 4.14. The zero-order valence-electron chi connectivity index (χ0n) is 11.8. The molecule has 1 fully saturated rings. The van der Waals surface area contributed by atoms with Gasteiger partial charge in [0, 0.05) is 16.8 Å². The van der Waals surface area contributed by atoms with Crippen LogP contribution in [-0.4, -0.2) is 16.7 Å². The Morgan fingerprint density at radius 2 is 2.20 bits per heavy atom. The Morgan fingerprint density at radius 1 is 1.50 bits per heavy atom. The summed E-state index contributed by atoms with van der Waals surface area (Å²) in [5.74, 6) is 0.772. The zero-order valence-corrected chi connectivity index (χ0v) is 13.4. The molecule has 2 aliphatic rings. The number of carbonyl (C=O) groups is 1. The number of rotatable bonds is 4. The lowest BCUT2D eigenvalue weighted by Gasteiger charge is -2.21. The number of carboxylic acids is 1. The maximum Gasteiger partial charge on any atom is 0.303 e. The second-order valence-electron chi connectivity index (χ2n) is 6.56. The molecule has 0 radical (unpaired) electrons. The fourth-order valence-electron chi connectivity index (χ4n) is 3.19. The Bertz CT molecular complexity index is 561. The second kappa shape index (κ2) is 4.76. The summed E-state index contributed by atoms with van der Waals surface area (Å²) in [5.41, 5.74) is 2.06. The first-order valence-corrected chi connectivity index (χ1v) is 7.88. The molecular weight excluding hydrogens is 320 g/mol. The number of ether oxygens (including phenoxy) is 1. The second-order valence-corrected chi connectivity index (χ2v) is 7.48. The van der Waals surface area contributed by atoms with Gasteiger partial charge in [0.25, 0.3) is 0 Å². The van der Waals surface area contributed by atoms with Gasteiger partial charge in [-0.1, -0.05) is 15.9 Å². The Hall–Kier alpha value is -1.03. The molecule has 0 aromatic heterocycles. The van der Waals surface area contributed by atoms with Crippen LogP contribution in [-0.2, 0) is 11.2 Å². The predicted molar refractivity (Wildman–Crippen MR) is 80.3 cm³/mol. The molecule has 1 atom stereocenters. The summed E-state index contributed by atoms with van der Waals surface area (Å²) >= 11 is 3.55. The maximum atomic E-state index is 11.2. The Labute approximate surface area is 127 Å². The van der Waals surface area contributed by atoms with E-state index in [4.69, 9.17) is 4.74 Å². The molecule has 20 heavy (non-hydrogen) atoms. The smallest absolute Gasteiger partial charge is 0.303 e. The Balaban J connectivity index is 2.02. The van der Waals surface area contributed by atoms with Crippen LogP contribution >= 0.6 is 15.9 Å². The third kappa shape index (κ3) is 2.71. The van der Waals surface area contributed by atoms with Crippen LogP contribution < -0.4 is 4.74 Å². The molecule has 1 aromatic carbocycles. The number of benzene rings is 1. The van der Waals surface area contributed by atoms with Crippen molar-refractivity contribution >= 4 is 21.9 Å². The van der Waals surface area contributed by atoms with Crippen molar-refractivity contribution in [2.45, 2.75) is 51.0 Å². The highest BCUT2D eigenvalue weighted by Crippen LogP contribution is 2.50. The maximum absolute atomic E-state index is 11.2. The first-order chi connectivity index (χ1) is 9.35. The molecule has 0 saturated heterocycles. The highest BCUT2D eigenvalue weighted by atomic mass is 79.9. The van der Waals surface area contributed by atoms with Crippen LogP contribution in [0.5, 0.6) is 5.75 Å². The molecule has 108 valence electrons. The summed E-state index contributed by atoms with van der Waals surface area (Å²) in [4.78, 5) is 11.2. The molecule has 0 amide bonds. The molecule has 3 nitrogen and oxygen atoms in total. The number of fused-ring (bicyclic) bond motifs is 1. The van der Waals surface area contributed by atoms with E-state index in [2.05, 4.69) is 35.8 Å². The van der Waals surface area contributed by atoms with Crippen LogP contribution in [0.15, 0.2) is 16.6 Å². The summed E-state index contributed by atoms with van der Waals surface area (Å²) in [6.45, 7) is 4.15. The minimum atomic E-state index is -0.729. The molecular formula is C16H19BrO3. The molecule has 1 aromatic rings. The van der Waals surface area contributed by atoms with Crippen LogP contribution in [0.3, 0.4) is 0 Å². The van der Waals surface area contributed by atoms with Gasteiger partial charge in [-0.15, -0.1) is 0 Å². The average Bonchev–Trinajstić information content (AvgIpc) is 3.08. The normalized spacial score (nSPS) is 21.1. The predicted octanol–water partition coefficient (Wildman–Crippen LogP) is 4.13. The lowest BCUT2D eigenvalue weighted by molar-refractivity contribution is -0.137. The lowest BCUT2D eigenvalue weighted by atomic mass is 9.88. The van der Waals surface area contributed by atoms with Gasteiger partial charge in [-0.2, -0.15) is 0 Å². The lowest BCUT2D eigenvalue weighted by Crippen LogP contribution is -2.25.